The number of rotatable bonds is 4. The van der Waals surface area contributed by atoms with Gasteiger partial charge in [-0.3, -0.25) is 0 Å². The Labute approximate surface area is 90.1 Å². The van der Waals surface area contributed by atoms with Gasteiger partial charge in [-0.2, -0.15) is 0 Å². The van der Waals surface area contributed by atoms with Crippen LogP contribution in [0.25, 0.3) is 0 Å². The number of hydrogen-bond acceptors (Lipinski definition) is 2. The van der Waals surface area contributed by atoms with Crippen LogP contribution in [0.5, 0.6) is 0 Å². The summed E-state index contributed by atoms with van der Waals surface area (Å²) in [7, 11) is 0. The van der Waals surface area contributed by atoms with Crippen LogP contribution < -0.4 is 4.46 Å². The van der Waals surface area contributed by atoms with Crippen LogP contribution in [0, 0.1) is 0 Å². The first-order valence-corrected chi connectivity index (χ1v) is 6.04. The van der Waals surface area contributed by atoms with Crippen molar-refractivity contribution >= 4 is 25.4 Å². The second kappa shape index (κ2) is 5.63. The topological polar surface area (TPSA) is 26.3 Å². The van der Waals surface area contributed by atoms with Gasteiger partial charge >= 0.3 is 89.8 Å². The number of carbonyl (C=O) groups excluding carboxylic acids is 1. The molecule has 0 N–H and O–H groups in total. The van der Waals surface area contributed by atoms with E-state index in [2.05, 4.69) is 6.58 Å². The third kappa shape index (κ3) is 3.36. The summed E-state index contributed by atoms with van der Waals surface area (Å²) in [5, 5.41) is 0. The third-order valence-corrected chi connectivity index (χ3v) is 3.42. The molecule has 14 heavy (non-hydrogen) atoms. The third-order valence-electron chi connectivity index (χ3n) is 1.49. The van der Waals surface area contributed by atoms with E-state index in [0.717, 1.165) is 4.46 Å². The van der Waals surface area contributed by atoms with Crippen molar-refractivity contribution in [1.29, 1.82) is 0 Å². The standard InChI is InChI=1S/C11H12O2Se/c1-3-13-11(12)9(2)14-10-7-5-4-6-8-10/h4-8H,2-3H2,1H3. The maximum atomic E-state index is 11.2. The molecule has 1 rings (SSSR count). The van der Waals surface area contributed by atoms with Crippen molar-refractivity contribution in [2.24, 2.45) is 0 Å². The van der Waals surface area contributed by atoms with E-state index >= 15 is 0 Å². The van der Waals surface area contributed by atoms with E-state index in [4.69, 9.17) is 4.74 Å². The molecule has 0 aliphatic carbocycles. The molecule has 0 radical (unpaired) electrons. The van der Waals surface area contributed by atoms with Crippen LogP contribution in [0.3, 0.4) is 0 Å². The fourth-order valence-corrected chi connectivity index (χ4v) is 2.39. The van der Waals surface area contributed by atoms with E-state index in [1.807, 2.05) is 30.3 Å². The zero-order valence-electron chi connectivity index (χ0n) is 8.03. The Morgan fingerprint density at radius 2 is 2.07 bits per heavy atom. The fourth-order valence-electron chi connectivity index (χ4n) is 0.884. The molecule has 1 aromatic rings. The molecule has 74 valence electrons. The molecule has 0 aliphatic heterocycles. The van der Waals surface area contributed by atoms with Crippen LogP contribution in [0.15, 0.2) is 41.4 Å². The Morgan fingerprint density at radius 3 is 2.64 bits per heavy atom. The number of ether oxygens (including phenoxy) is 1. The molecular weight excluding hydrogens is 243 g/mol. The van der Waals surface area contributed by atoms with Gasteiger partial charge in [-0.05, 0) is 0 Å². The number of hydrogen-bond donors (Lipinski definition) is 0. The Balaban J connectivity index is 2.53. The van der Waals surface area contributed by atoms with Gasteiger partial charge in [-0.1, -0.05) is 0 Å². The zero-order chi connectivity index (χ0) is 10.4. The molecule has 0 spiro atoms. The SMILES string of the molecule is C=C([Se]c1ccccc1)C(=O)OCC. The molecule has 0 fully saturated rings. The minimum absolute atomic E-state index is 0.0203. The summed E-state index contributed by atoms with van der Waals surface area (Å²) in [5.41, 5.74) is 0. The summed E-state index contributed by atoms with van der Waals surface area (Å²) in [4.78, 5) is 11.2. The maximum absolute atomic E-state index is 11.2. The number of carbonyl (C=O) groups is 1. The number of esters is 1. The van der Waals surface area contributed by atoms with Crippen molar-refractivity contribution in [3.8, 4) is 0 Å². The van der Waals surface area contributed by atoms with Crippen LogP contribution in [-0.4, -0.2) is 27.5 Å². The summed E-state index contributed by atoms with van der Waals surface area (Å²) in [6.07, 6.45) is 0. The molecule has 0 unspecified atom stereocenters. The Bertz CT molecular complexity index is 319. The van der Waals surface area contributed by atoms with Crippen molar-refractivity contribution in [2.75, 3.05) is 6.61 Å². The first-order valence-electron chi connectivity index (χ1n) is 4.33. The van der Waals surface area contributed by atoms with Gasteiger partial charge in [0.2, 0.25) is 0 Å². The van der Waals surface area contributed by atoms with Gasteiger partial charge in [0, 0.05) is 0 Å². The van der Waals surface area contributed by atoms with E-state index in [-0.39, 0.29) is 20.9 Å². The summed E-state index contributed by atoms with van der Waals surface area (Å²) >= 11 is -0.0203. The summed E-state index contributed by atoms with van der Waals surface area (Å²) in [6.45, 7) is 5.92. The van der Waals surface area contributed by atoms with Crippen LogP contribution in [0.1, 0.15) is 6.92 Å². The van der Waals surface area contributed by atoms with E-state index in [1.165, 1.54) is 0 Å². The second-order valence-electron chi connectivity index (χ2n) is 2.56. The summed E-state index contributed by atoms with van der Waals surface area (Å²) in [5.74, 6) is -0.281. The van der Waals surface area contributed by atoms with Crippen molar-refractivity contribution in [3.63, 3.8) is 0 Å². The Hall–Kier alpha value is -1.05. The van der Waals surface area contributed by atoms with Crippen LogP contribution in [-0.2, 0) is 9.53 Å². The molecule has 0 heterocycles. The van der Waals surface area contributed by atoms with Gasteiger partial charge in [0.1, 0.15) is 0 Å². The minimum atomic E-state index is -0.281. The normalized spacial score (nSPS) is 9.50. The van der Waals surface area contributed by atoms with Gasteiger partial charge in [-0.25, -0.2) is 0 Å². The Kier molecular flexibility index (Phi) is 4.44. The Morgan fingerprint density at radius 1 is 1.43 bits per heavy atom. The molecule has 0 saturated heterocycles. The first kappa shape index (κ1) is 11.0. The van der Waals surface area contributed by atoms with Gasteiger partial charge in [-0.15, -0.1) is 0 Å². The zero-order valence-corrected chi connectivity index (χ0v) is 9.74. The molecular formula is C11H12O2Se. The molecule has 0 amide bonds. The summed E-state index contributed by atoms with van der Waals surface area (Å²) < 4.78 is 6.55. The summed E-state index contributed by atoms with van der Waals surface area (Å²) in [6, 6.07) is 9.84. The van der Waals surface area contributed by atoms with Crippen molar-refractivity contribution in [1.82, 2.24) is 0 Å². The van der Waals surface area contributed by atoms with Gasteiger partial charge in [0.15, 0.2) is 0 Å². The monoisotopic (exact) mass is 256 g/mol. The van der Waals surface area contributed by atoms with Crippen molar-refractivity contribution in [3.05, 3.63) is 41.4 Å². The molecule has 0 aromatic heterocycles. The molecule has 1 aromatic carbocycles. The van der Waals surface area contributed by atoms with E-state index in [0.29, 0.717) is 11.1 Å². The van der Waals surface area contributed by atoms with Gasteiger partial charge < -0.3 is 0 Å². The molecule has 0 bridgehead atoms. The van der Waals surface area contributed by atoms with E-state index in [9.17, 15) is 4.79 Å². The predicted molar refractivity (Wildman–Crippen MR) is 57.6 cm³/mol. The molecule has 0 atom stereocenters. The molecule has 3 heteroatoms. The van der Waals surface area contributed by atoms with Crippen LogP contribution in [0.4, 0.5) is 0 Å². The van der Waals surface area contributed by atoms with Crippen molar-refractivity contribution < 1.29 is 9.53 Å². The fraction of sp³-hybridized carbons (Fsp3) is 0.182. The van der Waals surface area contributed by atoms with E-state index in [1.54, 1.807) is 6.92 Å². The van der Waals surface area contributed by atoms with Crippen LogP contribution in [0.2, 0.25) is 0 Å². The molecule has 0 saturated carbocycles. The van der Waals surface area contributed by atoms with Crippen molar-refractivity contribution in [2.45, 2.75) is 6.92 Å². The van der Waals surface area contributed by atoms with Gasteiger partial charge in [0.05, 0.1) is 0 Å². The quantitative estimate of drug-likeness (QED) is 0.457. The van der Waals surface area contributed by atoms with Crippen LogP contribution >= 0.6 is 0 Å². The second-order valence-corrected chi connectivity index (χ2v) is 5.01. The predicted octanol–water partition coefficient (Wildman–Crippen LogP) is 1.09. The number of benzene rings is 1. The average Bonchev–Trinajstić information content (AvgIpc) is 2.19. The van der Waals surface area contributed by atoms with E-state index < -0.39 is 0 Å². The first-order chi connectivity index (χ1) is 6.74. The molecule has 2 nitrogen and oxygen atoms in total. The molecule has 0 aliphatic rings. The average molecular weight is 255 g/mol. The van der Waals surface area contributed by atoms with Gasteiger partial charge in [0.25, 0.3) is 0 Å².